The van der Waals surface area contributed by atoms with Crippen molar-refractivity contribution >= 4 is 21.7 Å². The number of aryl methyl sites for hydroxylation is 1. The van der Waals surface area contributed by atoms with Gasteiger partial charge in [-0.2, -0.15) is 4.31 Å². The molecule has 3 atom stereocenters. The second-order valence-electron chi connectivity index (χ2n) is 9.02. The number of rotatable bonds is 5. The average molecular weight is 446 g/mol. The van der Waals surface area contributed by atoms with E-state index in [4.69, 9.17) is 0 Å². The molecule has 0 aromatic heterocycles. The summed E-state index contributed by atoms with van der Waals surface area (Å²) in [6.45, 7) is 2.85. The Labute approximate surface area is 184 Å². The van der Waals surface area contributed by atoms with Crippen LogP contribution < -0.4 is 10.6 Å². The van der Waals surface area contributed by atoms with Crippen LogP contribution in [0, 0.1) is 0 Å². The van der Waals surface area contributed by atoms with E-state index in [1.165, 1.54) is 9.87 Å². The quantitative estimate of drug-likeness (QED) is 0.675. The minimum atomic E-state index is -3.79. The van der Waals surface area contributed by atoms with E-state index in [1.54, 1.807) is 19.1 Å². The number of hydrogen-bond donors (Lipinski definition) is 2. The number of carbonyl (C=O) groups is 2. The second kappa shape index (κ2) is 8.84. The highest BCUT2D eigenvalue weighted by molar-refractivity contribution is 7.90. The maximum Gasteiger partial charge on any atom is 0.223 e. The standard InChI is InChI=1S/C23H31N3O4S/c1-23(11-5-8-19(27)15-23)31(29,30)26-13-12-24-16-18(26)14-22(28)25-21-10-4-7-17-6-2-3-9-20(17)21/h2-3,5-6,9,11,18,21,24H,4,7-8,10,12-16H2,1H3,(H,25,28)/t18?,21-,23?/m1/s1. The molecule has 1 aromatic carbocycles. The maximum absolute atomic E-state index is 13.5. The van der Waals surface area contributed by atoms with Crippen molar-refractivity contribution in [2.45, 2.75) is 62.3 Å². The van der Waals surface area contributed by atoms with Crippen molar-refractivity contribution in [3.63, 3.8) is 0 Å². The Kier molecular flexibility index (Phi) is 6.32. The molecular formula is C23H31N3O4S. The van der Waals surface area contributed by atoms with Crippen LogP contribution in [0.4, 0.5) is 0 Å². The fraction of sp³-hybridized carbons (Fsp3) is 0.565. The highest BCUT2D eigenvalue weighted by Crippen LogP contribution is 2.33. The zero-order valence-electron chi connectivity index (χ0n) is 18.0. The van der Waals surface area contributed by atoms with Crippen LogP contribution in [0.5, 0.6) is 0 Å². The van der Waals surface area contributed by atoms with Gasteiger partial charge in [-0.15, -0.1) is 0 Å². The van der Waals surface area contributed by atoms with E-state index in [0.717, 1.165) is 24.8 Å². The fourth-order valence-corrected chi connectivity index (χ4v) is 7.03. The molecule has 4 rings (SSSR count). The Morgan fingerprint density at radius 3 is 2.94 bits per heavy atom. The van der Waals surface area contributed by atoms with Crippen LogP contribution in [0.25, 0.3) is 0 Å². The smallest absolute Gasteiger partial charge is 0.223 e. The third-order valence-corrected chi connectivity index (χ3v) is 9.24. The largest absolute Gasteiger partial charge is 0.349 e. The summed E-state index contributed by atoms with van der Waals surface area (Å²) in [6.07, 6.45) is 6.57. The van der Waals surface area contributed by atoms with E-state index in [9.17, 15) is 18.0 Å². The monoisotopic (exact) mass is 445 g/mol. The number of allylic oxidation sites excluding steroid dienone is 1. The second-order valence-corrected chi connectivity index (χ2v) is 11.4. The van der Waals surface area contributed by atoms with Crippen LogP contribution in [0.3, 0.4) is 0 Å². The van der Waals surface area contributed by atoms with Gasteiger partial charge in [0, 0.05) is 44.9 Å². The molecule has 0 spiro atoms. The van der Waals surface area contributed by atoms with Crippen LogP contribution in [0.2, 0.25) is 0 Å². The summed E-state index contributed by atoms with van der Waals surface area (Å²) in [5.41, 5.74) is 2.43. The molecule has 2 unspecified atom stereocenters. The van der Waals surface area contributed by atoms with Gasteiger partial charge < -0.3 is 10.6 Å². The topological polar surface area (TPSA) is 95.6 Å². The molecule has 3 aliphatic rings. The zero-order chi connectivity index (χ0) is 22.1. The molecule has 1 fully saturated rings. The van der Waals surface area contributed by atoms with Crippen LogP contribution in [-0.4, -0.2) is 54.8 Å². The number of hydrogen-bond acceptors (Lipinski definition) is 5. The lowest BCUT2D eigenvalue weighted by molar-refractivity contribution is -0.123. The van der Waals surface area contributed by atoms with E-state index < -0.39 is 20.8 Å². The average Bonchev–Trinajstić information content (AvgIpc) is 2.74. The lowest BCUT2D eigenvalue weighted by atomic mass is 9.87. The normalized spacial score (nSPS) is 29.4. The van der Waals surface area contributed by atoms with Gasteiger partial charge in [-0.3, -0.25) is 9.59 Å². The third kappa shape index (κ3) is 4.47. The predicted octanol–water partition coefficient (Wildman–Crippen LogP) is 1.85. The van der Waals surface area contributed by atoms with Gasteiger partial charge in [0.2, 0.25) is 15.9 Å². The van der Waals surface area contributed by atoms with Crippen LogP contribution in [-0.2, 0) is 26.0 Å². The Morgan fingerprint density at radius 1 is 1.32 bits per heavy atom. The number of sulfonamides is 1. The highest BCUT2D eigenvalue weighted by atomic mass is 32.2. The van der Waals surface area contributed by atoms with Crippen molar-refractivity contribution in [3.05, 3.63) is 47.5 Å². The van der Waals surface area contributed by atoms with Gasteiger partial charge in [0.25, 0.3) is 0 Å². The molecule has 31 heavy (non-hydrogen) atoms. The molecule has 1 amide bonds. The van der Waals surface area contributed by atoms with Crippen molar-refractivity contribution in [2.24, 2.45) is 0 Å². The van der Waals surface area contributed by atoms with Crippen molar-refractivity contribution in [2.75, 3.05) is 19.6 Å². The summed E-state index contributed by atoms with van der Waals surface area (Å²) in [7, 11) is -3.79. The summed E-state index contributed by atoms with van der Waals surface area (Å²) < 4.78 is 27.2. The number of carbonyl (C=O) groups excluding carboxylic acids is 2. The Bertz CT molecular complexity index is 990. The molecule has 0 radical (unpaired) electrons. The lowest BCUT2D eigenvalue weighted by Crippen LogP contribution is -2.59. The van der Waals surface area contributed by atoms with E-state index in [0.29, 0.717) is 19.6 Å². The third-order valence-electron chi connectivity index (χ3n) is 6.68. The zero-order valence-corrected chi connectivity index (χ0v) is 18.8. The summed E-state index contributed by atoms with van der Waals surface area (Å²) >= 11 is 0. The van der Waals surface area contributed by atoms with Gasteiger partial charge in [0.1, 0.15) is 10.5 Å². The number of nitrogens with zero attached hydrogens (tertiary/aromatic N) is 1. The van der Waals surface area contributed by atoms with Crippen molar-refractivity contribution in [1.82, 2.24) is 14.9 Å². The molecule has 1 heterocycles. The van der Waals surface area contributed by atoms with Crippen LogP contribution in [0.1, 0.15) is 56.2 Å². The molecule has 1 aromatic rings. The Hall–Kier alpha value is -2.03. The Balaban J connectivity index is 1.48. The summed E-state index contributed by atoms with van der Waals surface area (Å²) in [5.74, 6) is -0.218. The van der Waals surface area contributed by atoms with E-state index in [-0.39, 0.29) is 37.0 Å². The first-order valence-corrected chi connectivity index (χ1v) is 12.5. The van der Waals surface area contributed by atoms with Crippen molar-refractivity contribution in [3.8, 4) is 0 Å². The van der Waals surface area contributed by atoms with Crippen LogP contribution in [0.15, 0.2) is 36.4 Å². The molecular weight excluding hydrogens is 414 g/mol. The minimum absolute atomic E-state index is 0.0203. The van der Waals surface area contributed by atoms with Gasteiger partial charge in [-0.1, -0.05) is 36.4 Å². The van der Waals surface area contributed by atoms with Gasteiger partial charge in [0.15, 0.2) is 0 Å². The van der Waals surface area contributed by atoms with E-state index in [1.807, 2.05) is 12.1 Å². The number of fused-ring (bicyclic) bond motifs is 1. The van der Waals surface area contributed by atoms with E-state index in [2.05, 4.69) is 22.8 Å². The summed E-state index contributed by atoms with van der Waals surface area (Å²) in [5, 5.41) is 6.35. The molecule has 2 aliphatic carbocycles. The molecule has 1 aliphatic heterocycles. The highest BCUT2D eigenvalue weighted by Gasteiger charge is 2.47. The van der Waals surface area contributed by atoms with Gasteiger partial charge in [0.05, 0.1) is 6.04 Å². The molecule has 7 nitrogen and oxygen atoms in total. The molecule has 1 saturated heterocycles. The number of ketones is 1. The van der Waals surface area contributed by atoms with Crippen molar-refractivity contribution < 1.29 is 18.0 Å². The summed E-state index contributed by atoms with van der Waals surface area (Å²) in [6, 6.07) is 7.67. The number of piperazine rings is 1. The first-order valence-electron chi connectivity index (χ1n) is 11.1. The van der Waals surface area contributed by atoms with Gasteiger partial charge >= 0.3 is 0 Å². The van der Waals surface area contributed by atoms with Gasteiger partial charge in [-0.25, -0.2) is 8.42 Å². The molecule has 168 valence electrons. The molecule has 0 bridgehead atoms. The first kappa shape index (κ1) is 22.2. The molecule has 2 N–H and O–H groups in total. The minimum Gasteiger partial charge on any atom is -0.349 e. The SMILES string of the molecule is CC1(S(=O)(=O)N2CCNCC2CC(=O)N[C@@H]2CCCc3ccccc32)C=CCC(=O)C1. The van der Waals surface area contributed by atoms with Gasteiger partial charge in [-0.05, 0) is 37.3 Å². The van der Waals surface area contributed by atoms with Crippen molar-refractivity contribution in [1.29, 1.82) is 0 Å². The lowest BCUT2D eigenvalue weighted by Gasteiger charge is -2.41. The fourth-order valence-electron chi connectivity index (χ4n) is 5.01. The molecule has 8 heteroatoms. The number of Topliss-reactive ketones (excluding diaryl/α,β-unsaturated/α-hetero) is 1. The number of benzene rings is 1. The van der Waals surface area contributed by atoms with E-state index >= 15 is 0 Å². The Morgan fingerprint density at radius 2 is 2.13 bits per heavy atom. The predicted molar refractivity (Wildman–Crippen MR) is 119 cm³/mol. The van der Waals surface area contributed by atoms with Crippen LogP contribution >= 0.6 is 0 Å². The number of amides is 1. The maximum atomic E-state index is 13.5. The summed E-state index contributed by atoms with van der Waals surface area (Å²) in [4.78, 5) is 24.9. The first-order chi connectivity index (χ1) is 14.8. The number of nitrogens with one attached hydrogen (secondary N) is 2. The molecule has 0 saturated carbocycles.